The fraction of sp³-hybridized carbons (Fsp3) is 0.364. The van der Waals surface area contributed by atoms with E-state index in [9.17, 15) is 13.5 Å². The van der Waals surface area contributed by atoms with Crippen molar-refractivity contribution in [1.82, 2.24) is 4.72 Å². The van der Waals surface area contributed by atoms with Gasteiger partial charge in [0.2, 0.25) is 0 Å². The van der Waals surface area contributed by atoms with Gasteiger partial charge in [-0.05, 0) is 26.0 Å². The van der Waals surface area contributed by atoms with Crippen molar-refractivity contribution in [2.24, 2.45) is 0 Å². The molecule has 0 spiro atoms. The van der Waals surface area contributed by atoms with Crippen LogP contribution in [0.5, 0.6) is 0 Å². The number of benzene rings is 1. The predicted octanol–water partition coefficient (Wildman–Crippen LogP) is 2.47. The number of rotatable bonds is 1. The predicted molar refractivity (Wildman–Crippen MR) is 68.5 cm³/mol. The smallest absolute Gasteiger partial charge is 0.125 e. The van der Waals surface area contributed by atoms with Gasteiger partial charge in [0, 0.05) is 6.07 Å². The molecule has 18 heavy (non-hydrogen) atoms. The second-order valence-corrected chi connectivity index (χ2v) is 6.50. The highest BCUT2D eigenvalue weighted by molar-refractivity contribution is 8.24. The van der Waals surface area contributed by atoms with Gasteiger partial charge in [0.15, 0.2) is 0 Å². The summed E-state index contributed by atoms with van der Waals surface area (Å²) in [5.41, 5.74) is -0.135. The van der Waals surface area contributed by atoms with Gasteiger partial charge in [0.25, 0.3) is 0 Å². The third-order valence-electron chi connectivity index (χ3n) is 2.61. The number of anilines is 1. The summed E-state index contributed by atoms with van der Waals surface area (Å²) in [4.78, 5) is 0. The van der Waals surface area contributed by atoms with E-state index in [0.29, 0.717) is 0 Å². The molecule has 5 nitrogen and oxygen atoms in total. The van der Waals surface area contributed by atoms with E-state index in [-0.39, 0.29) is 17.8 Å². The Morgan fingerprint density at radius 3 is 2.67 bits per heavy atom. The van der Waals surface area contributed by atoms with Crippen molar-refractivity contribution in [2.45, 2.75) is 19.4 Å². The number of nitrogens with one attached hydrogen (secondary N) is 1. The lowest BCUT2D eigenvalue weighted by Crippen LogP contribution is -2.35. The molecule has 0 bridgehead atoms. The van der Waals surface area contributed by atoms with Crippen LogP contribution in [0.25, 0.3) is 0 Å². The molecular weight excluding hydrogens is 257 g/mol. The summed E-state index contributed by atoms with van der Waals surface area (Å²) in [5.74, 6) is -0.524. The fourth-order valence-corrected chi connectivity index (χ4v) is 3.78. The third-order valence-corrected chi connectivity index (χ3v) is 4.38. The lowest BCUT2D eigenvalue weighted by molar-refractivity contribution is 0.454. The number of nitrogens with zero attached hydrogens (tertiary/aromatic N) is 2. The minimum atomic E-state index is -3.23. The molecule has 1 aliphatic heterocycles. The first-order valence-electron chi connectivity index (χ1n) is 5.30. The van der Waals surface area contributed by atoms with Gasteiger partial charge in [-0.25, -0.2) is 4.39 Å². The zero-order chi connectivity index (χ0) is 13.6. The van der Waals surface area contributed by atoms with E-state index in [4.69, 9.17) is 5.26 Å². The third kappa shape index (κ3) is 2.28. The Kier molecular flexibility index (Phi) is 2.99. The zero-order valence-corrected chi connectivity index (χ0v) is 10.8. The Labute approximate surface area is 106 Å². The molecular formula is C11H14FN3O2S. The molecule has 1 aromatic rings. The summed E-state index contributed by atoms with van der Waals surface area (Å²) in [7, 11) is -3.23. The lowest BCUT2D eigenvalue weighted by atomic mass is 10.1. The summed E-state index contributed by atoms with van der Waals surface area (Å²) < 4.78 is 37.1. The van der Waals surface area contributed by atoms with Crippen LogP contribution in [-0.2, 0) is 0 Å². The Morgan fingerprint density at radius 1 is 1.50 bits per heavy atom. The van der Waals surface area contributed by atoms with E-state index in [2.05, 4.69) is 4.72 Å². The van der Waals surface area contributed by atoms with Crippen LogP contribution in [0.1, 0.15) is 19.4 Å². The molecule has 0 amide bonds. The minimum Gasteiger partial charge on any atom is -0.269 e. The number of halogens is 1. The maximum absolute atomic E-state index is 13.3. The molecule has 98 valence electrons. The van der Waals surface area contributed by atoms with Crippen LogP contribution < -0.4 is 9.03 Å². The van der Waals surface area contributed by atoms with Gasteiger partial charge in [0.05, 0.1) is 23.3 Å². The second-order valence-electron chi connectivity index (χ2n) is 4.81. The highest BCUT2D eigenvalue weighted by atomic mass is 32.3. The maximum atomic E-state index is 13.3. The SMILES string of the molecule is CC1(C)CN(c2cc(F)ccc2C#N)S(O)(O)N1. The maximum Gasteiger partial charge on any atom is 0.125 e. The second kappa shape index (κ2) is 4.10. The van der Waals surface area contributed by atoms with Crippen molar-refractivity contribution in [2.75, 3.05) is 10.8 Å². The van der Waals surface area contributed by atoms with Crippen molar-refractivity contribution >= 4 is 16.6 Å². The Bertz CT molecular complexity index is 528. The van der Waals surface area contributed by atoms with E-state index in [0.717, 1.165) is 6.07 Å². The van der Waals surface area contributed by atoms with Gasteiger partial charge in [-0.15, -0.1) is 0 Å². The molecule has 7 heteroatoms. The van der Waals surface area contributed by atoms with Gasteiger partial charge < -0.3 is 0 Å². The summed E-state index contributed by atoms with van der Waals surface area (Å²) in [6, 6.07) is 5.55. The van der Waals surface area contributed by atoms with E-state index in [1.54, 1.807) is 13.8 Å². The molecule has 0 aliphatic carbocycles. The highest BCUT2D eigenvalue weighted by Gasteiger charge is 2.41. The van der Waals surface area contributed by atoms with Crippen LogP contribution >= 0.6 is 11.0 Å². The first-order chi connectivity index (χ1) is 8.25. The Hall–Kier alpha value is -1.33. The monoisotopic (exact) mass is 271 g/mol. The zero-order valence-electron chi connectivity index (χ0n) is 10.0. The van der Waals surface area contributed by atoms with Gasteiger partial charge >= 0.3 is 0 Å². The van der Waals surface area contributed by atoms with Gasteiger partial charge in [-0.1, -0.05) is 11.0 Å². The first kappa shape index (κ1) is 13.1. The van der Waals surface area contributed by atoms with Gasteiger partial charge in [-0.3, -0.25) is 13.4 Å². The van der Waals surface area contributed by atoms with E-state index >= 15 is 0 Å². The van der Waals surface area contributed by atoms with E-state index in [1.165, 1.54) is 16.4 Å². The van der Waals surface area contributed by atoms with E-state index < -0.39 is 22.3 Å². The molecule has 0 atom stereocenters. The van der Waals surface area contributed by atoms with Crippen LogP contribution in [0.3, 0.4) is 0 Å². The van der Waals surface area contributed by atoms with Crippen molar-refractivity contribution in [1.29, 1.82) is 5.26 Å². The molecule has 3 N–H and O–H groups in total. The minimum absolute atomic E-state index is 0.190. The normalized spacial score (nSPS) is 22.6. The molecule has 0 unspecified atom stereocenters. The van der Waals surface area contributed by atoms with Crippen molar-refractivity contribution in [3.05, 3.63) is 29.6 Å². The highest BCUT2D eigenvalue weighted by Crippen LogP contribution is 2.50. The standard InChI is InChI=1S/C11H14FN3O2S/c1-11(2)7-15(18(16,17)14-11)10-5-9(12)4-3-8(10)6-13/h3-5,14,16-17H,7H2,1-2H3. The number of hydrogen-bond donors (Lipinski definition) is 3. The topological polar surface area (TPSA) is 79.5 Å². The molecule has 0 aromatic heterocycles. The average Bonchev–Trinajstić information content (AvgIpc) is 2.46. The van der Waals surface area contributed by atoms with Crippen LogP contribution in [-0.4, -0.2) is 21.2 Å². The van der Waals surface area contributed by atoms with Gasteiger partial charge in [0.1, 0.15) is 11.9 Å². The summed E-state index contributed by atoms with van der Waals surface area (Å²) in [6.45, 7) is 3.87. The molecule has 1 aromatic carbocycles. The fourth-order valence-electron chi connectivity index (χ4n) is 1.94. The first-order valence-corrected chi connectivity index (χ1v) is 6.80. The summed E-state index contributed by atoms with van der Waals surface area (Å²) >= 11 is 0. The van der Waals surface area contributed by atoms with Crippen LogP contribution in [0.4, 0.5) is 10.1 Å². The van der Waals surface area contributed by atoms with Crippen molar-refractivity contribution in [3.8, 4) is 6.07 Å². The largest absolute Gasteiger partial charge is 0.269 e. The number of nitriles is 1. The molecule has 1 aliphatic rings. The van der Waals surface area contributed by atoms with Crippen molar-refractivity contribution in [3.63, 3.8) is 0 Å². The molecule has 1 saturated heterocycles. The van der Waals surface area contributed by atoms with Crippen molar-refractivity contribution < 1.29 is 13.5 Å². The summed E-state index contributed by atoms with van der Waals surface area (Å²) in [5, 5.41) is 9.00. The van der Waals surface area contributed by atoms with Crippen LogP contribution in [0.15, 0.2) is 18.2 Å². The Morgan fingerprint density at radius 2 is 2.17 bits per heavy atom. The Balaban J connectivity index is 2.50. The molecule has 1 fully saturated rings. The van der Waals surface area contributed by atoms with Gasteiger partial charge in [-0.2, -0.15) is 9.98 Å². The summed E-state index contributed by atoms with van der Waals surface area (Å²) in [6.07, 6.45) is 0. The molecule has 1 heterocycles. The number of hydrogen-bond acceptors (Lipinski definition) is 5. The molecule has 2 rings (SSSR count). The average molecular weight is 271 g/mol. The molecule has 0 radical (unpaired) electrons. The van der Waals surface area contributed by atoms with Crippen LogP contribution in [0, 0.1) is 17.1 Å². The van der Waals surface area contributed by atoms with Crippen LogP contribution in [0.2, 0.25) is 0 Å². The molecule has 0 saturated carbocycles. The van der Waals surface area contributed by atoms with E-state index in [1.807, 2.05) is 6.07 Å². The quantitative estimate of drug-likeness (QED) is 0.731. The lowest BCUT2D eigenvalue weighted by Gasteiger charge is -2.37.